The molecule has 1 saturated carbocycles. The Hall–Kier alpha value is -2.34. The van der Waals surface area contributed by atoms with Gasteiger partial charge in [-0.3, -0.25) is 0 Å². The summed E-state index contributed by atoms with van der Waals surface area (Å²) >= 11 is 0. The summed E-state index contributed by atoms with van der Waals surface area (Å²) in [5, 5.41) is 8.88. The van der Waals surface area contributed by atoms with Crippen LogP contribution in [0.15, 0.2) is 36.5 Å². The van der Waals surface area contributed by atoms with Gasteiger partial charge in [0.2, 0.25) is 0 Å². The average Bonchev–Trinajstić information content (AvgIpc) is 3.23. The number of nitrogens with zero attached hydrogens (tertiary/aromatic N) is 2. The van der Waals surface area contributed by atoms with Crippen molar-refractivity contribution in [3.8, 4) is 22.9 Å². The molecular formula is C16H14N2O. The van der Waals surface area contributed by atoms with Crippen molar-refractivity contribution in [2.75, 3.05) is 0 Å². The number of ether oxygens (including phenoxy) is 1. The number of aromatic nitrogens is 1. The number of aryl methyl sites for hydroxylation is 1. The molecule has 1 aliphatic rings. The van der Waals surface area contributed by atoms with Gasteiger partial charge < -0.3 is 4.74 Å². The minimum atomic E-state index is 0.421. The van der Waals surface area contributed by atoms with E-state index in [1.54, 1.807) is 6.20 Å². The molecule has 2 aromatic rings. The van der Waals surface area contributed by atoms with Gasteiger partial charge in [0, 0.05) is 11.8 Å². The van der Waals surface area contributed by atoms with Gasteiger partial charge in [-0.15, -0.1) is 0 Å². The van der Waals surface area contributed by atoms with E-state index in [0.29, 0.717) is 11.8 Å². The SMILES string of the molecule is Cc1cc(-c2ccc(OC3CC3)cc2)cnc1C#N. The van der Waals surface area contributed by atoms with Gasteiger partial charge in [0.15, 0.2) is 0 Å². The molecule has 0 radical (unpaired) electrons. The molecule has 94 valence electrons. The fraction of sp³-hybridized carbons (Fsp3) is 0.250. The van der Waals surface area contributed by atoms with E-state index in [1.807, 2.05) is 37.3 Å². The van der Waals surface area contributed by atoms with Crippen LogP contribution in [0.25, 0.3) is 11.1 Å². The van der Waals surface area contributed by atoms with E-state index in [0.717, 1.165) is 22.4 Å². The lowest BCUT2D eigenvalue weighted by atomic mass is 10.0. The van der Waals surface area contributed by atoms with Crippen molar-refractivity contribution in [2.24, 2.45) is 0 Å². The van der Waals surface area contributed by atoms with E-state index in [4.69, 9.17) is 10.00 Å². The van der Waals surface area contributed by atoms with Crippen LogP contribution in [0.1, 0.15) is 24.1 Å². The van der Waals surface area contributed by atoms with Crippen LogP contribution < -0.4 is 4.74 Å². The fourth-order valence-electron chi connectivity index (χ4n) is 1.95. The average molecular weight is 250 g/mol. The Morgan fingerprint density at radius 2 is 1.95 bits per heavy atom. The molecule has 0 saturated heterocycles. The summed E-state index contributed by atoms with van der Waals surface area (Å²) in [5.74, 6) is 0.921. The minimum absolute atomic E-state index is 0.421. The van der Waals surface area contributed by atoms with Crippen molar-refractivity contribution in [1.29, 1.82) is 5.26 Å². The monoisotopic (exact) mass is 250 g/mol. The van der Waals surface area contributed by atoms with Crippen LogP contribution in [0.3, 0.4) is 0 Å². The van der Waals surface area contributed by atoms with Gasteiger partial charge >= 0.3 is 0 Å². The Balaban J connectivity index is 1.85. The zero-order valence-electron chi connectivity index (χ0n) is 10.8. The third kappa shape index (κ3) is 2.58. The number of nitriles is 1. The van der Waals surface area contributed by atoms with Crippen molar-refractivity contribution in [1.82, 2.24) is 4.98 Å². The number of hydrogen-bond donors (Lipinski definition) is 0. The lowest BCUT2D eigenvalue weighted by molar-refractivity contribution is 0.303. The normalized spacial score (nSPS) is 13.9. The number of pyridine rings is 1. The van der Waals surface area contributed by atoms with Gasteiger partial charge in [0.05, 0.1) is 6.10 Å². The predicted octanol–water partition coefficient (Wildman–Crippen LogP) is 3.47. The second-order valence-corrected chi connectivity index (χ2v) is 4.84. The molecule has 0 spiro atoms. The molecule has 3 nitrogen and oxygen atoms in total. The highest BCUT2D eigenvalue weighted by atomic mass is 16.5. The van der Waals surface area contributed by atoms with Gasteiger partial charge in [-0.05, 0) is 49.1 Å². The van der Waals surface area contributed by atoms with E-state index in [2.05, 4.69) is 11.1 Å². The van der Waals surface area contributed by atoms with E-state index in [9.17, 15) is 0 Å². The molecule has 0 bridgehead atoms. The molecule has 0 amide bonds. The van der Waals surface area contributed by atoms with Crippen LogP contribution in [-0.4, -0.2) is 11.1 Å². The van der Waals surface area contributed by atoms with Gasteiger partial charge in [-0.25, -0.2) is 4.98 Å². The van der Waals surface area contributed by atoms with Gasteiger partial charge in [-0.1, -0.05) is 12.1 Å². The Morgan fingerprint density at radius 1 is 1.21 bits per heavy atom. The lowest BCUT2D eigenvalue weighted by Crippen LogP contribution is -1.95. The van der Waals surface area contributed by atoms with Crippen molar-refractivity contribution in [2.45, 2.75) is 25.9 Å². The fourth-order valence-corrected chi connectivity index (χ4v) is 1.95. The maximum absolute atomic E-state index is 8.88. The summed E-state index contributed by atoms with van der Waals surface area (Å²) in [6.07, 6.45) is 4.49. The third-order valence-corrected chi connectivity index (χ3v) is 3.20. The Labute approximate surface area is 112 Å². The van der Waals surface area contributed by atoms with E-state index in [-0.39, 0.29) is 0 Å². The first-order valence-electron chi connectivity index (χ1n) is 6.40. The second kappa shape index (κ2) is 4.74. The molecule has 0 unspecified atom stereocenters. The summed E-state index contributed by atoms with van der Waals surface area (Å²) in [7, 11) is 0. The quantitative estimate of drug-likeness (QED) is 0.837. The van der Waals surface area contributed by atoms with E-state index < -0.39 is 0 Å². The molecule has 0 aliphatic heterocycles. The van der Waals surface area contributed by atoms with Crippen molar-refractivity contribution in [3.05, 3.63) is 47.8 Å². The largest absolute Gasteiger partial charge is 0.490 e. The molecular weight excluding hydrogens is 236 g/mol. The first-order valence-corrected chi connectivity index (χ1v) is 6.40. The molecule has 0 N–H and O–H groups in total. The Bertz CT molecular complexity index is 637. The van der Waals surface area contributed by atoms with Crippen molar-refractivity contribution in [3.63, 3.8) is 0 Å². The van der Waals surface area contributed by atoms with Crippen molar-refractivity contribution >= 4 is 0 Å². The predicted molar refractivity (Wildman–Crippen MR) is 72.8 cm³/mol. The zero-order chi connectivity index (χ0) is 13.2. The maximum Gasteiger partial charge on any atom is 0.143 e. The minimum Gasteiger partial charge on any atom is -0.490 e. The topological polar surface area (TPSA) is 45.9 Å². The summed E-state index contributed by atoms with van der Waals surface area (Å²) < 4.78 is 5.72. The van der Waals surface area contributed by atoms with Gasteiger partial charge in [0.1, 0.15) is 17.5 Å². The van der Waals surface area contributed by atoms with Crippen LogP contribution in [0, 0.1) is 18.3 Å². The highest BCUT2D eigenvalue weighted by molar-refractivity contribution is 5.64. The van der Waals surface area contributed by atoms with E-state index in [1.165, 1.54) is 12.8 Å². The second-order valence-electron chi connectivity index (χ2n) is 4.84. The van der Waals surface area contributed by atoms with Crippen LogP contribution >= 0.6 is 0 Å². The van der Waals surface area contributed by atoms with Gasteiger partial charge in [-0.2, -0.15) is 5.26 Å². The Morgan fingerprint density at radius 3 is 2.53 bits per heavy atom. The molecule has 1 aromatic carbocycles. The Kier molecular flexibility index (Phi) is 2.92. The highest BCUT2D eigenvalue weighted by Gasteiger charge is 2.23. The summed E-state index contributed by atoms with van der Waals surface area (Å²) in [4.78, 5) is 4.16. The molecule has 19 heavy (non-hydrogen) atoms. The molecule has 3 heteroatoms. The van der Waals surface area contributed by atoms with Crippen molar-refractivity contribution < 1.29 is 4.74 Å². The number of benzene rings is 1. The number of hydrogen-bond acceptors (Lipinski definition) is 3. The molecule has 0 atom stereocenters. The smallest absolute Gasteiger partial charge is 0.143 e. The van der Waals surface area contributed by atoms with Crippen LogP contribution in [0.2, 0.25) is 0 Å². The van der Waals surface area contributed by atoms with Crippen LogP contribution in [0.5, 0.6) is 5.75 Å². The van der Waals surface area contributed by atoms with Crippen LogP contribution in [-0.2, 0) is 0 Å². The first kappa shape index (κ1) is 11.7. The molecule has 1 aromatic heterocycles. The summed E-state index contributed by atoms with van der Waals surface area (Å²) in [6, 6.07) is 12.1. The summed E-state index contributed by atoms with van der Waals surface area (Å²) in [6.45, 7) is 1.90. The molecule has 1 heterocycles. The molecule has 1 aliphatic carbocycles. The third-order valence-electron chi connectivity index (χ3n) is 3.20. The highest BCUT2D eigenvalue weighted by Crippen LogP contribution is 2.28. The molecule has 1 fully saturated rings. The van der Waals surface area contributed by atoms with Crippen LogP contribution in [0.4, 0.5) is 0 Å². The number of rotatable bonds is 3. The maximum atomic E-state index is 8.88. The first-order chi connectivity index (χ1) is 9.26. The standard InChI is InChI=1S/C16H14N2O/c1-11-8-13(10-18-16(11)9-17)12-2-4-14(5-3-12)19-15-6-7-15/h2-5,8,10,15H,6-7H2,1H3. The van der Waals surface area contributed by atoms with E-state index >= 15 is 0 Å². The zero-order valence-corrected chi connectivity index (χ0v) is 10.8. The van der Waals surface area contributed by atoms with Gasteiger partial charge in [0.25, 0.3) is 0 Å². The lowest BCUT2D eigenvalue weighted by Gasteiger charge is -2.07. The molecule has 3 rings (SSSR count). The summed E-state index contributed by atoms with van der Waals surface area (Å²) in [5.41, 5.74) is 3.49.